The number of carbonyl (C=O) groups is 2. The van der Waals surface area contributed by atoms with Gasteiger partial charge in [-0.25, -0.2) is 0 Å². The lowest BCUT2D eigenvalue weighted by Crippen LogP contribution is -2.54. The van der Waals surface area contributed by atoms with Crippen molar-refractivity contribution in [3.63, 3.8) is 0 Å². The van der Waals surface area contributed by atoms with Crippen molar-refractivity contribution >= 4 is 64.1 Å². The van der Waals surface area contributed by atoms with E-state index in [2.05, 4.69) is 10.3 Å². The van der Waals surface area contributed by atoms with Crippen molar-refractivity contribution < 1.29 is 9.59 Å². The third-order valence-electron chi connectivity index (χ3n) is 4.49. The van der Waals surface area contributed by atoms with Crippen molar-refractivity contribution in [2.45, 2.75) is 0 Å². The molecule has 2 heterocycles. The number of nitrogens with zero attached hydrogens (tertiary/aromatic N) is 2. The molecule has 148 valence electrons. The number of thiocarbonyl (C=S) groups is 1. The average Bonchev–Trinajstić information content (AvgIpc) is 2.73. The molecule has 1 aliphatic heterocycles. The van der Waals surface area contributed by atoms with Crippen molar-refractivity contribution in [3.8, 4) is 11.1 Å². The SMILES string of the molecule is O=C1NC(=S)N(c2ccc(Cl)cc2)C(=O)/C1=C\c1cnccc1-c1ccc(Cl)cc1. The zero-order chi connectivity index (χ0) is 21.3. The molecular weight excluding hydrogens is 441 g/mol. The van der Waals surface area contributed by atoms with Gasteiger partial charge in [-0.3, -0.25) is 24.8 Å². The molecule has 2 aromatic carbocycles. The van der Waals surface area contributed by atoms with Crippen molar-refractivity contribution in [1.82, 2.24) is 10.3 Å². The first-order valence-corrected chi connectivity index (χ1v) is 9.97. The molecule has 0 spiro atoms. The second-order valence-corrected chi connectivity index (χ2v) is 7.66. The minimum Gasteiger partial charge on any atom is -0.298 e. The van der Waals surface area contributed by atoms with Crippen LogP contribution in [0.4, 0.5) is 5.69 Å². The summed E-state index contributed by atoms with van der Waals surface area (Å²) in [4.78, 5) is 31.1. The minimum absolute atomic E-state index is 0.00795. The number of hydrogen-bond acceptors (Lipinski definition) is 4. The standard InChI is InChI=1S/C22H13Cl2N3O2S/c23-15-3-1-13(2-4-15)18-9-10-25-12-14(18)11-19-20(28)26-22(30)27(21(19)29)17-7-5-16(24)6-8-17/h1-12H,(H,26,28,30)/b19-11-. The summed E-state index contributed by atoms with van der Waals surface area (Å²) in [6, 6.07) is 15.7. The summed E-state index contributed by atoms with van der Waals surface area (Å²) >= 11 is 17.1. The van der Waals surface area contributed by atoms with E-state index in [1.807, 2.05) is 18.2 Å². The van der Waals surface area contributed by atoms with Gasteiger partial charge in [0.05, 0.1) is 5.69 Å². The highest BCUT2D eigenvalue weighted by molar-refractivity contribution is 7.80. The molecule has 8 heteroatoms. The normalized spacial score (nSPS) is 15.5. The molecule has 1 aromatic heterocycles. The molecule has 0 saturated carbocycles. The maximum absolute atomic E-state index is 13.2. The molecule has 1 aliphatic rings. The molecule has 0 radical (unpaired) electrons. The summed E-state index contributed by atoms with van der Waals surface area (Å²) < 4.78 is 0. The predicted octanol–water partition coefficient (Wildman–Crippen LogP) is 4.89. The number of hydrogen-bond donors (Lipinski definition) is 1. The first-order valence-electron chi connectivity index (χ1n) is 8.81. The second kappa shape index (κ2) is 8.36. The number of benzene rings is 2. The van der Waals surface area contributed by atoms with E-state index in [1.165, 1.54) is 11.0 Å². The fourth-order valence-electron chi connectivity index (χ4n) is 3.05. The third-order valence-corrected chi connectivity index (χ3v) is 5.28. The van der Waals surface area contributed by atoms with Crippen LogP contribution in [0.1, 0.15) is 5.56 Å². The Morgan fingerprint density at radius 3 is 2.23 bits per heavy atom. The van der Waals surface area contributed by atoms with Crippen LogP contribution in [0.15, 0.2) is 72.6 Å². The lowest BCUT2D eigenvalue weighted by Gasteiger charge is -2.29. The molecule has 0 aliphatic carbocycles. The Morgan fingerprint density at radius 2 is 1.57 bits per heavy atom. The number of aromatic nitrogens is 1. The van der Waals surface area contributed by atoms with Crippen molar-refractivity contribution in [3.05, 3.63) is 88.2 Å². The van der Waals surface area contributed by atoms with E-state index in [1.54, 1.807) is 48.8 Å². The van der Waals surface area contributed by atoms with Gasteiger partial charge in [0.15, 0.2) is 5.11 Å². The highest BCUT2D eigenvalue weighted by atomic mass is 35.5. The number of halogens is 2. The molecule has 1 fully saturated rings. The number of amides is 2. The number of pyridine rings is 1. The van der Waals surface area contributed by atoms with Gasteiger partial charge in [0.2, 0.25) is 0 Å². The first kappa shape index (κ1) is 20.2. The fourth-order valence-corrected chi connectivity index (χ4v) is 3.58. The van der Waals surface area contributed by atoms with Crippen LogP contribution in [0.5, 0.6) is 0 Å². The Bertz CT molecular complexity index is 1190. The average molecular weight is 454 g/mol. The number of anilines is 1. The van der Waals surface area contributed by atoms with E-state index in [0.717, 1.165) is 11.1 Å². The van der Waals surface area contributed by atoms with Gasteiger partial charge in [-0.1, -0.05) is 35.3 Å². The minimum atomic E-state index is -0.568. The lowest BCUT2D eigenvalue weighted by molar-refractivity contribution is -0.122. The fraction of sp³-hybridized carbons (Fsp3) is 0. The van der Waals surface area contributed by atoms with Crippen molar-refractivity contribution in [1.29, 1.82) is 0 Å². The van der Waals surface area contributed by atoms with E-state index in [4.69, 9.17) is 35.4 Å². The predicted molar refractivity (Wildman–Crippen MR) is 122 cm³/mol. The van der Waals surface area contributed by atoms with Crippen LogP contribution in [0, 0.1) is 0 Å². The highest BCUT2D eigenvalue weighted by Crippen LogP contribution is 2.28. The number of rotatable bonds is 3. The quantitative estimate of drug-likeness (QED) is 0.348. The summed E-state index contributed by atoms with van der Waals surface area (Å²) in [6.45, 7) is 0. The van der Waals surface area contributed by atoms with E-state index in [9.17, 15) is 9.59 Å². The second-order valence-electron chi connectivity index (χ2n) is 6.40. The molecule has 1 N–H and O–H groups in total. The summed E-state index contributed by atoms with van der Waals surface area (Å²) in [5.74, 6) is -1.10. The topological polar surface area (TPSA) is 62.3 Å². The van der Waals surface area contributed by atoms with Crippen LogP contribution >= 0.6 is 35.4 Å². The molecule has 1 saturated heterocycles. The third kappa shape index (κ3) is 3.98. The van der Waals surface area contributed by atoms with E-state index in [0.29, 0.717) is 21.3 Å². The Hall–Kier alpha value is -3.06. The van der Waals surface area contributed by atoms with Crippen LogP contribution in [-0.2, 0) is 9.59 Å². The molecule has 30 heavy (non-hydrogen) atoms. The zero-order valence-corrected chi connectivity index (χ0v) is 17.6. The van der Waals surface area contributed by atoms with E-state index < -0.39 is 11.8 Å². The molecule has 0 unspecified atom stereocenters. The maximum atomic E-state index is 13.2. The Kier molecular flexibility index (Phi) is 5.63. The Balaban J connectivity index is 1.77. The van der Waals surface area contributed by atoms with Gasteiger partial charge in [-0.2, -0.15) is 0 Å². The van der Waals surface area contributed by atoms with Crippen LogP contribution in [0.2, 0.25) is 10.0 Å². The summed E-state index contributed by atoms with van der Waals surface area (Å²) in [5.41, 5.74) is 2.75. The van der Waals surface area contributed by atoms with Crippen molar-refractivity contribution in [2.75, 3.05) is 4.90 Å². The Morgan fingerprint density at radius 1 is 0.933 bits per heavy atom. The van der Waals surface area contributed by atoms with Gasteiger partial charge in [0, 0.05) is 28.0 Å². The molecule has 5 nitrogen and oxygen atoms in total. The van der Waals surface area contributed by atoms with E-state index in [-0.39, 0.29) is 10.7 Å². The van der Waals surface area contributed by atoms with Crippen molar-refractivity contribution in [2.24, 2.45) is 0 Å². The molecule has 3 aromatic rings. The molecular formula is C22H13Cl2N3O2S. The highest BCUT2D eigenvalue weighted by Gasteiger charge is 2.34. The van der Waals surface area contributed by atoms with Gasteiger partial charge in [-0.05, 0) is 71.9 Å². The molecule has 0 atom stereocenters. The van der Waals surface area contributed by atoms with Crippen LogP contribution in [0.3, 0.4) is 0 Å². The molecule has 0 bridgehead atoms. The summed E-state index contributed by atoms with van der Waals surface area (Å²) in [5, 5.41) is 3.71. The summed E-state index contributed by atoms with van der Waals surface area (Å²) in [6.07, 6.45) is 4.75. The smallest absolute Gasteiger partial charge is 0.270 e. The van der Waals surface area contributed by atoms with Gasteiger partial charge < -0.3 is 0 Å². The Labute approximate surface area is 187 Å². The monoisotopic (exact) mass is 453 g/mol. The van der Waals surface area contributed by atoms with E-state index >= 15 is 0 Å². The van der Waals surface area contributed by atoms with Gasteiger partial charge >= 0.3 is 0 Å². The first-order chi connectivity index (χ1) is 14.4. The van der Waals surface area contributed by atoms with Crippen LogP contribution in [0.25, 0.3) is 17.2 Å². The number of carbonyl (C=O) groups excluding carboxylic acids is 2. The zero-order valence-electron chi connectivity index (χ0n) is 15.3. The van der Waals surface area contributed by atoms with Gasteiger partial charge in [0.1, 0.15) is 5.57 Å². The van der Waals surface area contributed by atoms with Crippen LogP contribution < -0.4 is 10.2 Å². The van der Waals surface area contributed by atoms with Gasteiger partial charge in [0.25, 0.3) is 11.8 Å². The molecule has 4 rings (SSSR count). The molecule has 2 amide bonds. The lowest BCUT2D eigenvalue weighted by atomic mass is 9.99. The maximum Gasteiger partial charge on any atom is 0.270 e. The van der Waals surface area contributed by atoms with Crippen LogP contribution in [-0.4, -0.2) is 21.9 Å². The number of nitrogens with one attached hydrogen (secondary N) is 1. The largest absolute Gasteiger partial charge is 0.298 e. The van der Waals surface area contributed by atoms with Gasteiger partial charge in [-0.15, -0.1) is 0 Å². The summed E-state index contributed by atoms with van der Waals surface area (Å²) in [7, 11) is 0.